The predicted molar refractivity (Wildman–Crippen MR) is 132 cm³/mol. The Hall–Kier alpha value is -2.67. The maximum atomic E-state index is 13.1. The SMILES string of the molecule is COc1ccc(S(=O)(=O)N2CCCC(C(=O)Nc3cc(S(=O)(=O)NC(C)C)ccc3OC)C2)cc1. The van der Waals surface area contributed by atoms with Crippen molar-refractivity contribution in [2.45, 2.75) is 42.5 Å². The summed E-state index contributed by atoms with van der Waals surface area (Å²) in [6.45, 7) is 3.72. The molecule has 0 aliphatic carbocycles. The third-order valence-corrected chi connectivity index (χ3v) is 9.12. The van der Waals surface area contributed by atoms with Crippen molar-refractivity contribution in [1.82, 2.24) is 9.03 Å². The minimum absolute atomic E-state index is 0.00933. The lowest BCUT2D eigenvalue weighted by molar-refractivity contribution is -0.120. The summed E-state index contributed by atoms with van der Waals surface area (Å²) in [6, 6.07) is 9.97. The van der Waals surface area contributed by atoms with Crippen molar-refractivity contribution in [2.75, 3.05) is 32.6 Å². The summed E-state index contributed by atoms with van der Waals surface area (Å²) in [4.78, 5) is 13.2. The number of rotatable bonds is 9. The number of nitrogens with zero attached hydrogens (tertiary/aromatic N) is 1. The molecule has 192 valence electrons. The van der Waals surface area contributed by atoms with Crippen LogP contribution in [0, 0.1) is 5.92 Å². The molecule has 0 saturated carbocycles. The molecule has 3 rings (SSSR count). The first-order valence-corrected chi connectivity index (χ1v) is 14.1. The summed E-state index contributed by atoms with van der Waals surface area (Å²) in [5.74, 6) is -0.193. The van der Waals surface area contributed by atoms with Crippen molar-refractivity contribution in [1.29, 1.82) is 0 Å². The fourth-order valence-corrected chi connectivity index (χ4v) is 6.64. The average Bonchev–Trinajstić information content (AvgIpc) is 2.83. The molecule has 1 saturated heterocycles. The molecule has 0 radical (unpaired) electrons. The van der Waals surface area contributed by atoms with Crippen LogP contribution in [-0.4, -0.2) is 60.4 Å². The Morgan fingerprint density at radius 3 is 2.26 bits per heavy atom. The van der Waals surface area contributed by atoms with Gasteiger partial charge in [-0.25, -0.2) is 21.6 Å². The summed E-state index contributed by atoms with van der Waals surface area (Å²) in [5.41, 5.74) is 0.194. The fraction of sp³-hybridized carbons (Fsp3) is 0.435. The van der Waals surface area contributed by atoms with Gasteiger partial charge in [-0.1, -0.05) is 0 Å². The molecule has 0 spiro atoms. The Morgan fingerprint density at radius 2 is 1.66 bits per heavy atom. The van der Waals surface area contributed by atoms with Crippen LogP contribution in [-0.2, 0) is 24.8 Å². The minimum atomic E-state index is -3.79. The number of carbonyl (C=O) groups is 1. The summed E-state index contributed by atoms with van der Waals surface area (Å²) in [5, 5.41) is 2.73. The number of amides is 1. The van der Waals surface area contributed by atoms with Crippen LogP contribution in [0.15, 0.2) is 52.3 Å². The van der Waals surface area contributed by atoms with Gasteiger partial charge in [0.25, 0.3) is 0 Å². The van der Waals surface area contributed by atoms with E-state index in [0.717, 1.165) is 0 Å². The normalized spacial score (nSPS) is 17.2. The molecule has 1 unspecified atom stereocenters. The van der Waals surface area contributed by atoms with Crippen molar-refractivity contribution in [3.63, 3.8) is 0 Å². The number of carbonyl (C=O) groups excluding carboxylic acids is 1. The molecule has 0 bridgehead atoms. The van der Waals surface area contributed by atoms with E-state index in [9.17, 15) is 21.6 Å². The van der Waals surface area contributed by atoms with E-state index in [-0.39, 0.29) is 28.1 Å². The Kier molecular flexibility index (Phi) is 8.42. The zero-order valence-corrected chi connectivity index (χ0v) is 21.8. The van der Waals surface area contributed by atoms with Gasteiger partial charge in [0, 0.05) is 19.1 Å². The predicted octanol–water partition coefficient (Wildman–Crippen LogP) is 2.43. The highest BCUT2D eigenvalue weighted by molar-refractivity contribution is 7.89. The molecule has 2 N–H and O–H groups in total. The van der Waals surface area contributed by atoms with E-state index in [2.05, 4.69) is 10.0 Å². The summed E-state index contributed by atoms with van der Waals surface area (Å²) >= 11 is 0. The monoisotopic (exact) mass is 525 g/mol. The first-order valence-electron chi connectivity index (χ1n) is 11.1. The molecule has 1 aliphatic heterocycles. The van der Waals surface area contributed by atoms with E-state index in [4.69, 9.17) is 9.47 Å². The van der Waals surface area contributed by atoms with Crippen LogP contribution in [0.5, 0.6) is 11.5 Å². The maximum Gasteiger partial charge on any atom is 0.243 e. The topological polar surface area (TPSA) is 131 Å². The van der Waals surface area contributed by atoms with Gasteiger partial charge in [0.1, 0.15) is 11.5 Å². The van der Waals surface area contributed by atoms with Crippen LogP contribution in [0.3, 0.4) is 0 Å². The number of sulfonamides is 2. The largest absolute Gasteiger partial charge is 0.497 e. The van der Waals surface area contributed by atoms with Crippen molar-refractivity contribution >= 4 is 31.6 Å². The molecule has 10 nitrogen and oxygen atoms in total. The number of methoxy groups -OCH3 is 2. The van der Waals surface area contributed by atoms with Gasteiger partial charge in [0.15, 0.2) is 0 Å². The fourth-order valence-electron chi connectivity index (χ4n) is 3.84. The van der Waals surface area contributed by atoms with Gasteiger partial charge in [0.2, 0.25) is 26.0 Å². The van der Waals surface area contributed by atoms with Gasteiger partial charge in [-0.05, 0) is 69.2 Å². The molecule has 2 aromatic rings. The van der Waals surface area contributed by atoms with E-state index >= 15 is 0 Å². The van der Waals surface area contributed by atoms with Crippen LogP contribution in [0.2, 0.25) is 0 Å². The number of piperidine rings is 1. The van der Waals surface area contributed by atoms with Gasteiger partial charge in [-0.15, -0.1) is 0 Å². The highest BCUT2D eigenvalue weighted by atomic mass is 32.2. The molecular formula is C23H31N3O7S2. The van der Waals surface area contributed by atoms with Crippen LogP contribution in [0.1, 0.15) is 26.7 Å². The minimum Gasteiger partial charge on any atom is -0.497 e. The molecule has 1 amide bonds. The van der Waals surface area contributed by atoms with Crippen LogP contribution < -0.4 is 19.5 Å². The molecule has 12 heteroatoms. The third kappa shape index (κ3) is 6.31. The lowest BCUT2D eigenvalue weighted by Gasteiger charge is -2.31. The number of hydrogen-bond donors (Lipinski definition) is 2. The first-order chi connectivity index (χ1) is 16.5. The molecular weight excluding hydrogens is 494 g/mol. The number of hydrogen-bond acceptors (Lipinski definition) is 7. The number of nitrogens with one attached hydrogen (secondary N) is 2. The molecule has 2 aromatic carbocycles. The number of ether oxygens (including phenoxy) is 2. The summed E-state index contributed by atoms with van der Waals surface area (Å²) in [6.07, 6.45) is 1.01. The lowest BCUT2D eigenvalue weighted by Crippen LogP contribution is -2.43. The van der Waals surface area contributed by atoms with Gasteiger partial charge in [-0.2, -0.15) is 4.31 Å². The van der Waals surface area contributed by atoms with Gasteiger partial charge < -0.3 is 14.8 Å². The van der Waals surface area contributed by atoms with E-state index in [1.165, 1.54) is 48.9 Å². The molecule has 35 heavy (non-hydrogen) atoms. The highest BCUT2D eigenvalue weighted by Gasteiger charge is 2.33. The molecule has 1 fully saturated rings. The van der Waals surface area contributed by atoms with Crippen molar-refractivity contribution < 1.29 is 31.1 Å². The summed E-state index contributed by atoms with van der Waals surface area (Å²) in [7, 11) is -4.67. The Labute approximate surface area is 206 Å². The van der Waals surface area contributed by atoms with E-state index in [1.807, 2.05) is 0 Å². The van der Waals surface area contributed by atoms with Gasteiger partial charge in [0.05, 0.1) is 35.6 Å². The molecule has 0 aromatic heterocycles. The van der Waals surface area contributed by atoms with Crippen molar-refractivity contribution in [3.8, 4) is 11.5 Å². The Morgan fingerprint density at radius 1 is 1.00 bits per heavy atom. The number of anilines is 1. The number of benzene rings is 2. The van der Waals surface area contributed by atoms with Crippen LogP contribution >= 0.6 is 0 Å². The first kappa shape index (κ1) is 26.9. The van der Waals surface area contributed by atoms with Crippen molar-refractivity contribution in [2.24, 2.45) is 5.92 Å². The second-order valence-corrected chi connectivity index (χ2v) is 12.2. The standard InChI is InChI=1S/C23H31N3O7S2/c1-16(2)25-34(28,29)20-11-12-22(33-4)21(14-20)24-23(27)17-6-5-13-26(15-17)35(30,31)19-9-7-18(32-3)8-10-19/h7-12,14,16-17,25H,5-6,13,15H2,1-4H3,(H,24,27). The van der Waals surface area contributed by atoms with Crippen LogP contribution in [0.4, 0.5) is 5.69 Å². The Bertz CT molecular complexity index is 1260. The second kappa shape index (κ2) is 10.9. The molecule has 1 heterocycles. The van der Waals surface area contributed by atoms with E-state index < -0.39 is 31.9 Å². The van der Waals surface area contributed by atoms with E-state index in [0.29, 0.717) is 30.9 Å². The molecule has 1 atom stereocenters. The summed E-state index contributed by atoms with van der Waals surface area (Å²) < 4.78 is 65.5. The van der Waals surface area contributed by atoms with Crippen LogP contribution in [0.25, 0.3) is 0 Å². The lowest BCUT2D eigenvalue weighted by atomic mass is 9.98. The average molecular weight is 526 g/mol. The van der Waals surface area contributed by atoms with Gasteiger partial charge >= 0.3 is 0 Å². The maximum absolute atomic E-state index is 13.1. The van der Waals surface area contributed by atoms with Crippen molar-refractivity contribution in [3.05, 3.63) is 42.5 Å². The third-order valence-electron chi connectivity index (χ3n) is 5.58. The zero-order valence-electron chi connectivity index (χ0n) is 20.1. The quantitative estimate of drug-likeness (QED) is 0.514. The smallest absolute Gasteiger partial charge is 0.243 e. The zero-order chi connectivity index (χ0) is 25.8. The second-order valence-electron chi connectivity index (χ2n) is 8.51. The Balaban J connectivity index is 1.79. The van der Waals surface area contributed by atoms with E-state index in [1.54, 1.807) is 26.0 Å². The molecule has 1 aliphatic rings. The highest BCUT2D eigenvalue weighted by Crippen LogP contribution is 2.30. The van der Waals surface area contributed by atoms with Gasteiger partial charge in [-0.3, -0.25) is 4.79 Å².